The third-order valence-electron chi connectivity index (χ3n) is 3.75. The lowest BCUT2D eigenvalue weighted by Crippen LogP contribution is -2.42. The highest BCUT2D eigenvalue weighted by Crippen LogP contribution is 2.50. The number of fused-ring (bicyclic) bond motifs is 4. The van der Waals surface area contributed by atoms with Crippen molar-refractivity contribution in [2.75, 3.05) is 13.2 Å². The molecule has 2 aliphatic rings. The molecule has 22 heavy (non-hydrogen) atoms. The number of nitrogens with two attached hydrogens (primary N) is 1. The summed E-state index contributed by atoms with van der Waals surface area (Å²) in [4.78, 5) is 9.14. The van der Waals surface area contributed by atoms with E-state index in [0.717, 1.165) is 24.9 Å². The second-order valence-electron chi connectivity index (χ2n) is 5.21. The number of benzene rings is 1. The van der Waals surface area contributed by atoms with Gasteiger partial charge in [0.05, 0.1) is 12.2 Å². The van der Waals surface area contributed by atoms with Gasteiger partial charge in [-0.25, -0.2) is 4.98 Å². The number of halogens is 2. The van der Waals surface area contributed by atoms with Gasteiger partial charge >= 0.3 is 0 Å². The monoisotopic (exact) mass is 471 g/mol. The van der Waals surface area contributed by atoms with Crippen LogP contribution in [0.15, 0.2) is 39.9 Å². The lowest BCUT2D eigenvalue weighted by molar-refractivity contribution is 0.109. The molecule has 0 unspecified atom stereocenters. The fourth-order valence-corrected chi connectivity index (χ4v) is 3.68. The average Bonchev–Trinajstić information content (AvgIpc) is 2.49. The molecule has 0 bridgehead atoms. The minimum atomic E-state index is -0.705. The van der Waals surface area contributed by atoms with E-state index < -0.39 is 5.54 Å². The zero-order valence-electron chi connectivity index (χ0n) is 11.3. The molecular formula is C15H11BrIN3O2. The van der Waals surface area contributed by atoms with Crippen molar-refractivity contribution in [2.45, 2.75) is 5.54 Å². The predicted molar refractivity (Wildman–Crippen MR) is 94.4 cm³/mol. The van der Waals surface area contributed by atoms with Gasteiger partial charge in [0.15, 0.2) is 0 Å². The molecule has 112 valence electrons. The molecule has 0 saturated carbocycles. The second kappa shape index (κ2) is 5.17. The van der Waals surface area contributed by atoms with Crippen molar-refractivity contribution in [1.29, 1.82) is 0 Å². The van der Waals surface area contributed by atoms with Crippen LogP contribution in [0.2, 0.25) is 0 Å². The van der Waals surface area contributed by atoms with Gasteiger partial charge in [-0.15, -0.1) is 0 Å². The highest BCUT2D eigenvalue weighted by atomic mass is 127. The van der Waals surface area contributed by atoms with Crippen LogP contribution in [-0.4, -0.2) is 24.0 Å². The fraction of sp³-hybridized carbons (Fsp3) is 0.200. The van der Waals surface area contributed by atoms with Crippen LogP contribution in [0.25, 0.3) is 0 Å². The Morgan fingerprint density at radius 2 is 2.14 bits per heavy atom. The molecule has 1 aromatic carbocycles. The first-order chi connectivity index (χ1) is 10.6. The van der Waals surface area contributed by atoms with Gasteiger partial charge in [-0.2, -0.15) is 0 Å². The minimum absolute atomic E-state index is 0.346. The fourth-order valence-electron chi connectivity index (χ4n) is 2.86. The summed E-state index contributed by atoms with van der Waals surface area (Å²) in [5, 5.41) is 0. The van der Waals surface area contributed by atoms with Crippen LogP contribution in [0.1, 0.15) is 11.1 Å². The normalized spacial score (nSPS) is 22.5. The molecule has 0 amide bonds. The molecular weight excluding hydrogens is 461 g/mol. The Bertz CT molecular complexity index is 758. The molecule has 2 N–H and O–H groups in total. The van der Waals surface area contributed by atoms with Gasteiger partial charge in [0.1, 0.15) is 23.7 Å². The molecule has 1 spiro atoms. The van der Waals surface area contributed by atoms with E-state index in [-0.39, 0.29) is 0 Å². The largest absolute Gasteiger partial charge is 0.438 e. The molecule has 4 rings (SSSR count). The van der Waals surface area contributed by atoms with Gasteiger partial charge in [-0.05, 0) is 62.8 Å². The van der Waals surface area contributed by atoms with Crippen LogP contribution in [0.4, 0.5) is 0 Å². The SMILES string of the molecule is NC1=N[C@@]2(COC1)c1cc(I)ccc1Oc1ncc(Br)cc12. The third kappa shape index (κ3) is 2.14. The molecule has 2 aliphatic heterocycles. The zero-order valence-corrected chi connectivity index (χ0v) is 15.1. The Hall–Kier alpha value is -1.19. The van der Waals surface area contributed by atoms with Crippen molar-refractivity contribution in [2.24, 2.45) is 10.7 Å². The lowest BCUT2D eigenvalue weighted by atomic mass is 9.82. The quantitative estimate of drug-likeness (QED) is 0.599. The number of hydrogen-bond donors (Lipinski definition) is 1. The van der Waals surface area contributed by atoms with Crippen molar-refractivity contribution in [3.8, 4) is 11.6 Å². The van der Waals surface area contributed by atoms with E-state index in [1.807, 2.05) is 18.2 Å². The highest BCUT2D eigenvalue weighted by molar-refractivity contribution is 14.1. The summed E-state index contributed by atoms with van der Waals surface area (Å²) in [6, 6.07) is 7.96. The summed E-state index contributed by atoms with van der Waals surface area (Å²) in [6.07, 6.45) is 1.71. The first-order valence-electron chi connectivity index (χ1n) is 6.64. The van der Waals surface area contributed by atoms with Crippen LogP contribution in [0, 0.1) is 3.57 Å². The van der Waals surface area contributed by atoms with Crippen molar-refractivity contribution in [3.63, 3.8) is 0 Å². The van der Waals surface area contributed by atoms with E-state index in [0.29, 0.717) is 24.9 Å². The maximum atomic E-state index is 5.98. The van der Waals surface area contributed by atoms with Gasteiger partial charge in [0, 0.05) is 19.8 Å². The second-order valence-corrected chi connectivity index (χ2v) is 7.37. The predicted octanol–water partition coefficient (Wildman–Crippen LogP) is 3.19. The number of pyridine rings is 1. The Kier molecular flexibility index (Phi) is 3.39. The van der Waals surface area contributed by atoms with E-state index in [4.69, 9.17) is 20.2 Å². The molecule has 0 fully saturated rings. The Balaban J connectivity index is 2.05. The summed E-state index contributed by atoms with van der Waals surface area (Å²) < 4.78 is 13.6. The van der Waals surface area contributed by atoms with Gasteiger partial charge < -0.3 is 15.2 Å². The van der Waals surface area contributed by atoms with Gasteiger partial charge in [0.2, 0.25) is 5.88 Å². The Morgan fingerprint density at radius 3 is 2.95 bits per heavy atom. The van der Waals surface area contributed by atoms with E-state index >= 15 is 0 Å². The molecule has 1 aromatic heterocycles. The van der Waals surface area contributed by atoms with Crippen LogP contribution >= 0.6 is 38.5 Å². The van der Waals surface area contributed by atoms with Crippen LogP contribution < -0.4 is 10.5 Å². The Morgan fingerprint density at radius 1 is 1.27 bits per heavy atom. The average molecular weight is 472 g/mol. The molecule has 2 aromatic rings. The van der Waals surface area contributed by atoms with E-state index in [9.17, 15) is 0 Å². The summed E-state index contributed by atoms with van der Waals surface area (Å²) >= 11 is 5.75. The first kappa shape index (κ1) is 14.4. The third-order valence-corrected chi connectivity index (χ3v) is 4.86. The minimum Gasteiger partial charge on any atom is -0.438 e. The van der Waals surface area contributed by atoms with E-state index in [2.05, 4.69) is 49.6 Å². The summed E-state index contributed by atoms with van der Waals surface area (Å²) in [5.41, 5.74) is 7.09. The molecule has 0 aliphatic carbocycles. The van der Waals surface area contributed by atoms with Crippen LogP contribution in [0.5, 0.6) is 11.6 Å². The number of rotatable bonds is 0. The number of aliphatic imine (C=N–C) groups is 1. The van der Waals surface area contributed by atoms with Crippen molar-refractivity contribution < 1.29 is 9.47 Å². The summed E-state index contributed by atoms with van der Waals surface area (Å²) in [7, 11) is 0. The van der Waals surface area contributed by atoms with Crippen molar-refractivity contribution in [1.82, 2.24) is 4.98 Å². The van der Waals surface area contributed by atoms with Crippen molar-refractivity contribution >= 4 is 44.4 Å². The number of hydrogen-bond acceptors (Lipinski definition) is 5. The van der Waals surface area contributed by atoms with Crippen LogP contribution in [0.3, 0.4) is 0 Å². The lowest BCUT2D eigenvalue weighted by Gasteiger charge is -2.38. The topological polar surface area (TPSA) is 69.7 Å². The van der Waals surface area contributed by atoms with Crippen molar-refractivity contribution in [3.05, 3.63) is 49.6 Å². The summed E-state index contributed by atoms with van der Waals surface area (Å²) in [5.74, 6) is 1.76. The highest BCUT2D eigenvalue weighted by Gasteiger charge is 2.45. The zero-order chi connectivity index (χ0) is 15.3. The van der Waals surface area contributed by atoms with Crippen LogP contribution in [-0.2, 0) is 10.3 Å². The van der Waals surface area contributed by atoms with Gasteiger partial charge in [0.25, 0.3) is 0 Å². The molecule has 0 saturated heterocycles. The number of ether oxygens (including phenoxy) is 2. The molecule has 1 atom stereocenters. The van der Waals surface area contributed by atoms with E-state index in [1.54, 1.807) is 6.20 Å². The van der Waals surface area contributed by atoms with Gasteiger partial charge in [-0.1, -0.05) is 0 Å². The maximum Gasteiger partial charge on any atom is 0.225 e. The molecule has 0 radical (unpaired) electrons. The van der Waals surface area contributed by atoms with E-state index in [1.165, 1.54) is 0 Å². The molecule has 3 heterocycles. The molecule has 5 nitrogen and oxygen atoms in total. The maximum absolute atomic E-state index is 5.98. The number of amidine groups is 1. The smallest absolute Gasteiger partial charge is 0.225 e. The molecule has 7 heteroatoms. The Labute approximate surface area is 149 Å². The first-order valence-corrected chi connectivity index (χ1v) is 8.51. The number of nitrogens with zero attached hydrogens (tertiary/aromatic N) is 2. The standard InChI is InChI=1S/C15H11BrIN3O2/c16-8-3-11-14(19-5-8)22-12-2-1-9(17)4-10(12)15(11)7-21-6-13(18)20-15/h1-5H,6-7H2,(H2,18,20)/t15-/m0/s1. The van der Waals surface area contributed by atoms with Gasteiger partial charge in [-0.3, -0.25) is 4.99 Å². The summed E-state index contributed by atoms with van der Waals surface area (Å²) in [6.45, 7) is 0.758. The number of aromatic nitrogens is 1.